The predicted molar refractivity (Wildman–Crippen MR) is 154 cm³/mol. The van der Waals surface area contributed by atoms with E-state index in [9.17, 15) is 13.7 Å². The van der Waals surface area contributed by atoms with Gasteiger partial charge in [0.25, 0.3) is 0 Å². The van der Waals surface area contributed by atoms with Gasteiger partial charge in [0.1, 0.15) is 6.07 Å². The van der Waals surface area contributed by atoms with Crippen LogP contribution in [0, 0.1) is 18.3 Å². The molecule has 0 fully saturated rings. The van der Waals surface area contributed by atoms with Crippen LogP contribution in [0.3, 0.4) is 0 Å². The lowest BCUT2D eigenvalue weighted by Crippen LogP contribution is -2.26. The Morgan fingerprint density at radius 3 is 2.10 bits per heavy atom. The van der Waals surface area contributed by atoms with E-state index in [1.54, 1.807) is 24.3 Å². The van der Waals surface area contributed by atoms with Crippen molar-refractivity contribution >= 4 is 10.0 Å². The lowest BCUT2D eigenvalue weighted by Gasteiger charge is -2.15. The first-order chi connectivity index (χ1) is 19.0. The van der Waals surface area contributed by atoms with Gasteiger partial charge >= 0.3 is 0 Å². The summed E-state index contributed by atoms with van der Waals surface area (Å²) in [5.41, 5.74) is 8.51. The molecule has 0 amide bonds. The molecule has 0 bridgehead atoms. The molecular weight excluding hydrogens is 502 g/mol. The van der Waals surface area contributed by atoms with Crippen molar-refractivity contribution in [2.45, 2.75) is 24.2 Å². The van der Waals surface area contributed by atoms with Gasteiger partial charge in [0.05, 0.1) is 16.2 Å². The fraction of sp³-hybridized carbons (Fsp3) is 0.121. The van der Waals surface area contributed by atoms with Crippen LogP contribution in [-0.2, 0) is 10.0 Å². The van der Waals surface area contributed by atoms with Gasteiger partial charge in [0.15, 0.2) is 0 Å². The van der Waals surface area contributed by atoms with Crippen molar-refractivity contribution in [3.63, 3.8) is 0 Å². The third kappa shape index (κ3) is 4.36. The van der Waals surface area contributed by atoms with Crippen LogP contribution in [0.5, 0.6) is 0 Å². The summed E-state index contributed by atoms with van der Waals surface area (Å²) in [6, 6.07) is 37.6. The predicted octanol–water partition coefficient (Wildman–Crippen LogP) is 6.81. The quantitative estimate of drug-likeness (QED) is 0.252. The van der Waals surface area contributed by atoms with Gasteiger partial charge in [-0.3, -0.25) is 0 Å². The molecule has 6 heteroatoms. The average Bonchev–Trinajstić information content (AvgIpc) is 3.47. The van der Waals surface area contributed by atoms with Crippen LogP contribution >= 0.6 is 0 Å². The molecule has 1 aromatic heterocycles. The minimum atomic E-state index is -3.65. The Bertz CT molecular complexity index is 1800. The molecule has 4 aromatic carbocycles. The van der Waals surface area contributed by atoms with E-state index >= 15 is 0 Å². The van der Waals surface area contributed by atoms with Crippen LogP contribution in [0.4, 0.5) is 0 Å². The van der Waals surface area contributed by atoms with Crippen molar-refractivity contribution in [2.75, 3.05) is 6.54 Å². The Labute approximate surface area is 229 Å². The summed E-state index contributed by atoms with van der Waals surface area (Å²) in [4.78, 5) is 0.256. The maximum absolute atomic E-state index is 13.0. The van der Waals surface area contributed by atoms with E-state index in [0.29, 0.717) is 12.0 Å². The topological polar surface area (TPSA) is 74.9 Å². The lowest BCUT2D eigenvalue weighted by atomic mass is 9.88. The maximum atomic E-state index is 13.0. The number of aryl methyl sites for hydroxylation is 1. The van der Waals surface area contributed by atoms with E-state index in [2.05, 4.69) is 27.5 Å². The normalized spacial score (nSPS) is 14.0. The number of aromatic nitrogens is 1. The fourth-order valence-corrected chi connectivity index (χ4v) is 6.66. The Balaban J connectivity index is 1.48. The monoisotopic (exact) mass is 529 g/mol. The number of nitriles is 1. The molecule has 5 aromatic rings. The number of hydrogen-bond donors (Lipinski definition) is 1. The number of sulfonamides is 1. The van der Waals surface area contributed by atoms with E-state index in [0.717, 1.165) is 44.9 Å². The van der Waals surface area contributed by atoms with Gasteiger partial charge in [-0.05, 0) is 48.2 Å². The molecule has 0 spiro atoms. The van der Waals surface area contributed by atoms with Gasteiger partial charge in [0, 0.05) is 29.4 Å². The highest BCUT2D eigenvalue weighted by molar-refractivity contribution is 7.89. The molecule has 1 unspecified atom stereocenters. The minimum Gasteiger partial charge on any atom is -0.311 e. The van der Waals surface area contributed by atoms with Crippen molar-refractivity contribution in [1.29, 1.82) is 5.26 Å². The third-order valence-corrected chi connectivity index (χ3v) is 8.85. The van der Waals surface area contributed by atoms with E-state index in [1.807, 2.05) is 79.7 Å². The lowest BCUT2D eigenvalue weighted by molar-refractivity contribution is 0.575. The number of benzene rings is 4. The molecule has 1 atom stereocenters. The zero-order valence-corrected chi connectivity index (χ0v) is 22.3. The van der Waals surface area contributed by atoms with Crippen LogP contribution in [-0.4, -0.2) is 19.5 Å². The maximum Gasteiger partial charge on any atom is 0.240 e. The summed E-state index contributed by atoms with van der Waals surface area (Å²) in [6.07, 6.45) is 0.547. The van der Waals surface area contributed by atoms with Gasteiger partial charge < -0.3 is 4.57 Å². The molecule has 0 aliphatic carbocycles. The summed E-state index contributed by atoms with van der Waals surface area (Å²) >= 11 is 0. The van der Waals surface area contributed by atoms with Crippen LogP contribution in [0.15, 0.2) is 114 Å². The van der Waals surface area contributed by atoms with Gasteiger partial charge in [-0.2, -0.15) is 5.26 Å². The first-order valence-corrected chi connectivity index (χ1v) is 14.4. The van der Waals surface area contributed by atoms with Crippen LogP contribution in [0.2, 0.25) is 0 Å². The number of rotatable bonds is 7. The Kier molecular flexibility index (Phi) is 6.40. The number of para-hydroxylation sites is 1. The molecular formula is C33H27N3O2S. The molecule has 0 radical (unpaired) electrons. The zero-order chi connectivity index (χ0) is 27.0. The van der Waals surface area contributed by atoms with Crippen molar-refractivity contribution < 1.29 is 8.42 Å². The number of nitrogens with zero attached hydrogens (tertiary/aromatic N) is 2. The zero-order valence-electron chi connectivity index (χ0n) is 21.5. The van der Waals surface area contributed by atoms with E-state index in [1.165, 1.54) is 0 Å². The van der Waals surface area contributed by atoms with Gasteiger partial charge in [-0.15, -0.1) is 0 Å². The van der Waals surface area contributed by atoms with E-state index in [4.69, 9.17) is 0 Å². The molecule has 192 valence electrons. The summed E-state index contributed by atoms with van der Waals surface area (Å²) in [5.74, 6) is -0.0957. The van der Waals surface area contributed by atoms with E-state index in [-0.39, 0.29) is 17.4 Å². The second-order valence-corrected chi connectivity index (χ2v) is 11.5. The van der Waals surface area contributed by atoms with Crippen LogP contribution < -0.4 is 4.72 Å². The van der Waals surface area contributed by atoms with Gasteiger partial charge in [-0.25, -0.2) is 13.1 Å². The SMILES string of the molecule is Cc1ccc(S(=O)(=O)NCCC2c3ccccc3-n3c(-c4ccccc4)c(C#N)c(-c4ccccc4)c32)cc1. The molecule has 5 nitrogen and oxygen atoms in total. The molecule has 0 saturated carbocycles. The summed E-state index contributed by atoms with van der Waals surface area (Å²) < 4.78 is 31.1. The summed E-state index contributed by atoms with van der Waals surface area (Å²) in [5, 5.41) is 10.5. The first-order valence-electron chi connectivity index (χ1n) is 12.9. The molecule has 0 saturated heterocycles. The average molecular weight is 530 g/mol. The van der Waals surface area contributed by atoms with Crippen LogP contribution in [0.1, 0.15) is 34.7 Å². The third-order valence-electron chi connectivity index (χ3n) is 7.37. The van der Waals surface area contributed by atoms with Crippen molar-refractivity contribution in [3.8, 4) is 34.1 Å². The molecule has 2 heterocycles. The van der Waals surface area contributed by atoms with Gasteiger partial charge in [0.2, 0.25) is 10.0 Å². The summed E-state index contributed by atoms with van der Waals surface area (Å²) in [7, 11) is -3.65. The molecule has 1 N–H and O–H groups in total. The van der Waals surface area contributed by atoms with E-state index < -0.39 is 10.0 Å². The smallest absolute Gasteiger partial charge is 0.240 e. The van der Waals surface area contributed by atoms with Crippen molar-refractivity contribution in [1.82, 2.24) is 9.29 Å². The molecule has 39 heavy (non-hydrogen) atoms. The first kappa shape index (κ1) is 24.9. The number of nitrogens with one attached hydrogen (secondary N) is 1. The molecule has 1 aliphatic heterocycles. The number of hydrogen-bond acceptors (Lipinski definition) is 3. The Hall–Kier alpha value is -4.44. The molecule has 6 rings (SSSR count). The fourth-order valence-electron chi connectivity index (χ4n) is 5.61. The largest absolute Gasteiger partial charge is 0.311 e. The highest BCUT2D eigenvalue weighted by Crippen LogP contribution is 2.51. The minimum absolute atomic E-state index is 0.0957. The van der Waals surface area contributed by atoms with Crippen molar-refractivity contribution in [2.24, 2.45) is 0 Å². The summed E-state index contributed by atoms with van der Waals surface area (Å²) in [6.45, 7) is 2.19. The molecule has 1 aliphatic rings. The highest BCUT2D eigenvalue weighted by Gasteiger charge is 2.37. The highest BCUT2D eigenvalue weighted by atomic mass is 32.2. The standard InChI is InChI=1S/C33H27N3O2S/c1-23-16-18-26(19-17-23)39(37,38)35-21-20-28-27-14-8-9-15-30(27)36-32(25-12-6-3-7-13-25)29(22-34)31(33(28)36)24-10-4-2-5-11-24/h2-19,28,35H,20-21H2,1H3. The second kappa shape index (κ2) is 10.0. The Morgan fingerprint density at radius 2 is 1.44 bits per heavy atom. The van der Waals surface area contributed by atoms with Crippen LogP contribution in [0.25, 0.3) is 28.1 Å². The van der Waals surface area contributed by atoms with Crippen molar-refractivity contribution in [3.05, 3.63) is 132 Å². The number of fused-ring (bicyclic) bond motifs is 3. The Morgan fingerprint density at radius 1 is 0.821 bits per heavy atom. The second-order valence-electron chi connectivity index (χ2n) is 9.77. The van der Waals surface area contributed by atoms with Gasteiger partial charge in [-0.1, -0.05) is 96.6 Å².